The van der Waals surface area contributed by atoms with Crippen LogP contribution >= 0.6 is 0 Å². The Labute approximate surface area is 337 Å². The van der Waals surface area contributed by atoms with Crippen LogP contribution in [-0.2, 0) is 30.4 Å². The first-order valence-electron chi connectivity index (χ1n) is 16.9. The third-order valence-corrected chi connectivity index (χ3v) is 11.2. The van der Waals surface area contributed by atoms with Crippen LogP contribution in [0.4, 0.5) is 39.8 Å². The molecule has 0 aromatic heterocycles. The predicted molar refractivity (Wildman–Crippen MR) is 216 cm³/mol. The average Bonchev–Trinajstić information content (AvgIpc) is 3.16. The first-order valence-corrected chi connectivity index (χ1v) is 21.2. The van der Waals surface area contributed by atoms with E-state index in [9.17, 15) is 48.8 Å². The van der Waals surface area contributed by atoms with Gasteiger partial charge in [-0.1, -0.05) is 18.2 Å². The molecule has 18 nitrogen and oxygen atoms in total. The highest BCUT2D eigenvalue weighted by molar-refractivity contribution is 7.87. The summed E-state index contributed by atoms with van der Waals surface area (Å²) in [6, 6.07) is 24.3. The number of nitrogens with one attached hydrogen (secondary N) is 1. The molecule has 0 aliphatic rings. The molecule has 6 aromatic rings. The quantitative estimate of drug-likeness (QED) is 0.0603. The Hall–Kier alpha value is -6.62. The summed E-state index contributed by atoms with van der Waals surface area (Å²) in [5, 5.41) is 38.9. The van der Waals surface area contributed by atoms with Gasteiger partial charge in [-0.15, -0.1) is 10.2 Å². The number of phenols is 1. The maximum atomic E-state index is 12.7. The number of carbonyl (C=O) groups excluding carboxylic acids is 1. The summed E-state index contributed by atoms with van der Waals surface area (Å²) in [5.41, 5.74) is 2.89. The monoisotopic (exact) mass is 857 g/mol. The van der Waals surface area contributed by atoms with E-state index >= 15 is 0 Å². The summed E-state index contributed by atoms with van der Waals surface area (Å²) < 4.78 is 100. The Bertz CT molecular complexity index is 3120. The third kappa shape index (κ3) is 9.75. The van der Waals surface area contributed by atoms with Crippen molar-refractivity contribution in [3.63, 3.8) is 0 Å². The molecule has 59 heavy (non-hydrogen) atoms. The Morgan fingerprint density at radius 3 is 1.73 bits per heavy atom. The van der Waals surface area contributed by atoms with Crippen molar-refractivity contribution in [1.82, 2.24) is 0 Å². The zero-order chi connectivity index (χ0) is 42.9. The Morgan fingerprint density at radius 2 is 1.12 bits per heavy atom. The van der Waals surface area contributed by atoms with E-state index in [1.807, 2.05) is 0 Å². The van der Waals surface area contributed by atoms with E-state index in [0.717, 1.165) is 18.2 Å². The Morgan fingerprint density at radius 1 is 0.542 bits per heavy atom. The maximum Gasteiger partial charge on any atom is 0.296 e. The number of rotatable bonds is 11. The standard InChI is InChI=1S/C38H31N7O11S3/c1-21-15-27(10-13-30(21)41-42-31-14-11-28(57(48,49)50)20-34(31)58(51,52)53)40-43-32-16-23(3)33(17-22(32)2)44-45-36-35(59(54,55)56)19-25-18-26(9-12-29(25)37(36)46)39-38(47)24-7-5-4-6-8-24/h4-20,46H,1-3H3,(H,39,47)(H,48,49,50)(H,51,52,53)(H,54,55,56). The number of benzene rings is 6. The lowest BCUT2D eigenvalue weighted by atomic mass is 10.1. The number of hydrogen-bond donors (Lipinski definition) is 5. The summed E-state index contributed by atoms with van der Waals surface area (Å²) in [4.78, 5) is 10.3. The zero-order valence-electron chi connectivity index (χ0n) is 30.9. The van der Waals surface area contributed by atoms with Crippen LogP contribution in [0.25, 0.3) is 10.8 Å². The van der Waals surface area contributed by atoms with Crippen LogP contribution in [0.2, 0.25) is 0 Å². The molecule has 0 bridgehead atoms. The number of hydrogen-bond acceptors (Lipinski definition) is 14. The van der Waals surface area contributed by atoms with Crippen LogP contribution in [-0.4, -0.2) is 49.9 Å². The highest BCUT2D eigenvalue weighted by Crippen LogP contribution is 2.43. The minimum absolute atomic E-state index is 0.179. The van der Waals surface area contributed by atoms with Gasteiger partial charge >= 0.3 is 0 Å². The van der Waals surface area contributed by atoms with E-state index < -0.39 is 62.4 Å². The molecule has 0 saturated carbocycles. The van der Waals surface area contributed by atoms with Crippen LogP contribution in [0.1, 0.15) is 27.0 Å². The largest absolute Gasteiger partial charge is 0.505 e. The number of anilines is 1. The van der Waals surface area contributed by atoms with E-state index in [0.29, 0.717) is 45.4 Å². The summed E-state index contributed by atoms with van der Waals surface area (Å²) >= 11 is 0. The zero-order valence-corrected chi connectivity index (χ0v) is 33.3. The lowest BCUT2D eigenvalue weighted by Gasteiger charge is -2.11. The molecule has 0 spiro atoms. The second kappa shape index (κ2) is 16.3. The first-order chi connectivity index (χ1) is 27.7. The summed E-state index contributed by atoms with van der Waals surface area (Å²) in [7, 11) is -14.6. The normalized spacial score (nSPS) is 12.6. The van der Waals surface area contributed by atoms with Gasteiger partial charge in [0.25, 0.3) is 36.3 Å². The van der Waals surface area contributed by atoms with E-state index in [2.05, 4.69) is 36.0 Å². The fourth-order valence-corrected chi connectivity index (χ4v) is 7.49. The molecule has 0 radical (unpaired) electrons. The van der Waals surface area contributed by atoms with Gasteiger partial charge in [0.05, 0.1) is 27.6 Å². The summed E-state index contributed by atoms with van der Waals surface area (Å²) in [5.74, 6) is -0.979. The van der Waals surface area contributed by atoms with Crippen LogP contribution in [0.15, 0.2) is 149 Å². The lowest BCUT2D eigenvalue weighted by Crippen LogP contribution is -2.11. The van der Waals surface area contributed by atoms with Crippen LogP contribution < -0.4 is 5.32 Å². The van der Waals surface area contributed by atoms with Crippen molar-refractivity contribution >= 4 is 86.8 Å². The molecule has 5 N–H and O–H groups in total. The topological polar surface area (TPSA) is 287 Å². The minimum Gasteiger partial charge on any atom is -0.505 e. The highest BCUT2D eigenvalue weighted by atomic mass is 32.2. The SMILES string of the molecule is Cc1cc(N=Nc2c(S(=O)(=O)O)cc3cc(NC(=O)c4ccccc4)ccc3c2O)c(C)cc1N=Nc1ccc(N=Nc2ccc(S(=O)(=O)O)cc2S(=O)(=O)O)c(C)c1. The summed E-state index contributed by atoms with van der Waals surface area (Å²) in [6.07, 6.45) is 0. The number of nitrogens with zero attached hydrogens (tertiary/aromatic N) is 6. The first kappa shape index (κ1) is 42.0. The molecule has 0 heterocycles. The van der Waals surface area contributed by atoms with Crippen LogP contribution in [0.5, 0.6) is 5.75 Å². The number of fused-ring (bicyclic) bond motifs is 1. The Kier molecular flexibility index (Phi) is 11.6. The number of carbonyl (C=O) groups is 1. The molecular formula is C38H31N7O11S3. The number of aromatic hydroxyl groups is 1. The van der Waals surface area contributed by atoms with Crippen molar-refractivity contribution in [3.05, 3.63) is 125 Å². The van der Waals surface area contributed by atoms with E-state index in [1.54, 1.807) is 75.4 Å². The maximum absolute atomic E-state index is 12.7. The molecule has 0 aliphatic carbocycles. The van der Waals surface area contributed by atoms with Crippen molar-refractivity contribution in [2.75, 3.05) is 5.32 Å². The molecule has 0 unspecified atom stereocenters. The van der Waals surface area contributed by atoms with E-state index in [1.165, 1.54) is 24.3 Å². The fourth-order valence-electron chi connectivity index (χ4n) is 5.60. The van der Waals surface area contributed by atoms with Gasteiger partial charge in [0.1, 0.15) is 21.2 Å². The number of azo groups is 3. The summed E-state index contributed by atoms with van der Waals surface area (Å²) in [6.45, 7) is 5.07. The highest BCUT2D eigenvalue weighted by Gasteiger charge is 2.23. The van der Waals surface area contributed by atoms with Gasteiger partial charge in [0, 0.05) is 16.6 Å². The average molecular weight is 858 g/mol. The molecule has 302 valence electrons. The van der Waals surface area contributed by atoms with Crippen molar-refractivity contribution in [2.24, 2.45) is 30.7 Å². The Balaban J connectivity index is 1.23. The van der Waals surface area contributed by atoms with E-state index in [-0.39, 0.29) is 27.8 Å². The van der Waals surface area contributed by atoms with Crippen LogP contribution in [0, 0.1) is 20.8 Å². The molecule has 6 aromatic carbocycles. The van der Waals surface area contributed by atoms with Gasteiger partial charge < -0.3 is 10.4 Å². The molecule has 0 saturated heterocycles. The molecule has 1 amide bonds. The van der Waals surface area contributed by atoms with Gasteiger partial charge in [-0.3, -0.25) is 18.5 Å². The number of amides is 1. The molecule has 0 atom stereocenters. The van der Waals surface area contributed by atoms with Crippen molar-refractivity contribution in [2.45, 2.75) is 35.5 Å². The predicted octanol–water partition coefficient (Wildman–Crippen LogP) is 9.71. The number of phenolic OH excluding ortho intramolecular Hbond substituents is 1. The molecule has 21 heteroatoms. The van der Waals surface area contributed by atoms with Gasteiger partial charge in [-0.2, -0.15) is 45.7 Å². The molecule has 0 fully saturated rings. The van der Waals surface area contributed by atoms with Crippen LogP contribution in [0.3, 0.4) is 0 Å². The van der Waals surface area contributed by atoms with Gasteiger partial charge in [-0.25, -0.2) is 0 Å². The second-order valence-corrected chi connectivity index (χ2v) is 17.1. The van der Waals surface area contributed by atoms with Gasteiger partial charge in [-0.05, 0) is 128 Å². The second-order valence-electron chi connectivity index (χ2n) is 12.9. The third-order valence-electron chi connectivity index (χ3n) is 8.62. The molecule has 6 rings (SSSR count). The van der Waals surface area contributed by atoms with Gasteiger partial charge in [0.2, 0.25) is 0 Å². The van der Waals surface area contributed by atoms with Gasteiger partial charge in [0.15, 0.2) is 5.75 Å². The smallest absolute Gasteiger partial charge is 0.296 e. The van der Waals surface area contributed by atoms with Crippen molar-refractivity contribution in [1.29, 1.82) is 0 Å². The van der Waals surface area contributed by atoms with Crippen molar-refractivity contribution < 1.29 is 48.8 Å². The molecular weight excluding hydrogens is 827 g/mol. The lowest BCUT2D eigenvalue weighted by molar-refractivity contribution is 0.102. The fraction of sp³-hybridized carbons (Fsp3) is 0.0789. The number of aryl methyl sites for hydroxylation is 3. The van der Waals surface area contributed by atoms with Crippen molar-refractivity contribution in [3.8, 4) is 5.75 Å². The molecule has 0 aliphatic heterocycles. The minimum atomic E-state index is -4.94. The van der Waals surface area contributed by atoms with E-state index in [4.69, 9.17) is 0 Å².